The van der Waals surface area contributed by atoms with Crippen LogP contribution < -0.4 is 11.5 Å². The predicted molar refractivity (Wildman–Crippen MR) is 73.2 cm³/mol. The molecular formula is C13H13N3OS. The van der Waals surface area contributed by atoms with E-state index in [1.807, 2.05) is 24.3 Å². The molecule has 0 aliphatic heterocycles. The fraction of sp³-hybridized carbons (Fsp3) is 0.0769. The molecule has 1 aromatic heterocycles. The molecule has 4 nitrogen and oxygen atoms in total. The monoisotopic (exact) mass is 259 g/mol. The summed E-state index contributed by atoms with van der Waals surface area (Å²) in [6.07, 6.45) is 1.63. The standard InChI is InChI=1S/C13H13N3OS/c14-11-4-5-12(16-7-11)18-8-9-2-1-3-10(6-9)13(15)17/h1-7H,8,14H2,(H2,15,17). The Morgan fingerprint density at radius 1 is 1.28 bits per heavy atom. The Hall–Kier alpha value is -2.01. The second-order valence-electron chi connectivity index (χ2n) is 3.78. The second-order valence-corrected chi connectivity index (χ2v) is 4.78. The number of aromatic nitrogens is 1. The van der Waals surface area contributed by atoms with E-state index >= 15 is 0 Å². The van der Waals surface area contributed by atoms with Gasteiger partial charge in [0.05, 0.1) is 16.9 Å². The van der Waals surface area contributed by atoms with Gasteiger partial charge in [-0.05, 0) is 29.8 Å². The third-order valence-corrected chi connectivity index (χ3v) is 3.37. The van der Waals surface area contributed by atoms with E-state index in [1.165, 1.54) is 0 Å². The third kappa shape index (κ3) is 3.24. The average molecular weight is 259 g/mol. The molecule has 0 aliphatic carbocycles. The zero-order valence-corrected chi connectivity index (χ0v) is 10.5. The number of primary amides is 1. The van der Waals surface area contributed by atoms with Crippen molar-refractivity contribution in [2.45, 2.75) is 10.8 Å². The Bertz CT molecular complexity index is 554. The number of benzene rings is 1. The van der Waals surface area contributed by atoms with E-state index < -0.39 is 5.91 Å². The smallest absolute Gasteiger partial charge is 0.248 e. The molecule has 0 unspecified atom stereocenters. The van der Waals surface area contributed by atoms with Crippen LogP contribution in [0.1, 0.15) is 15.9 Å². The van der Waals surface area contributed by atoms with Gasteiger partial charge in [0.15, 0.2) is 0 Å². The van der Waals surface area contributed by atoms with Crippen molar-refractivity contribution in [1.82, 2.24) is 4.98 Å². The molecule has 2 rings (SSSR count). The molecule has 0 bridgehead atoms. The molecule has 0 atom stereocenters. The quantitative estimate of drug-likeness (QED) is 0.823. The van der Waals surface area contributed by atoms with Crippen molar-refractivity contribution in [3.05, 3.63) is 53.7 Å². The number of nitrogens with zero attached hydrogens (tertiary/aromatic N) is 1. The maximum atomic E-state index is 11.1. The van der Waals surface area contributed by atoms with Gasteiger partial charge in [-0.1, -0.05) is 12.1 Å². The Morgan fingerprint density at radius 2 is 2.11 bits per heavy atom. The number of thioether (sulfide) groups is 1. The molecule has 0 radical (unpaired) electrons. The van der Waals surface area contributed by atoms with Crippen LogP contribution in [-0.2, 0) is 5.75 Å². The van der Waals surface area contributed by atoms with Crippen LogP contribution in [0.15, 0.2) is 47.6 Å². The first-order chi connectivity index (χ1) is 8.65. The summed E-state index contributed by atoms with van der Waals surface area (Å²) >= 11 is 1.58. The summed E-state index contributed by atoms with van der Waals surface area (Å²) in [4.78, 5) is 15.3. The maximum Gasteiger partial charge on any atom is 0.248 e. The van der Waals surface area contributed by atoms with Crippen LogP contribution in [0.4, 0.5) is 5.69 Å². The van der Waals surface area contributed by atoms with E-state index in [2.05, 4.69) is 4.98 Å². The summed E-state index contributed by atoms with van der Waals surface area (Å²) in [5, 5.41) is 0.897. The van der Waals surface area contributed by atoms with Gasteiger partial charge in [0, 0.05) is 11.3 Å². The number of pyridine rings is 1. The van der Waals surface area contributed by atoms with Crippen molar-refractivity contribution in [1.29, 1.82) is 0 Å². The average Bonchev–Trinajstić information content (AvgIpc) is 2.38. The van der Waals surface area contributed by atoms with E-state index in [4.69, 9.17) is 11.5 Å². The summed E-state index contributed by atoms with van der Waals surface area (Å²) in [6, 6.07) is 11.0. The van der Waals surface area contributed by atoms with Crippen molar-refractivity contribution in [2.24, 2.45) is 5.73 Å². The van der Waals surface area contributed by atoms with E-state index in [-0.39, 0.29) is 0 Å². The predicted octanol–water partition coefficient (Wildman–Crippen LogP) is 2.06. The summed E-state index contributed by atoms with van der Waals surface area (Å²) in [5.74, 6) is 0.324. The van der Waals surface area contributed by atoms with Gasteiger partial charge in [0.2, 0.25) is 5.91 Å². The topological polar surface area (TPSA) is 82.0 Å². The highest BCUT2D eigenvalue weighted by molar-refractivity contribution is 7.98. The molecule has 1 heterocycles. The number of nitrogen functional groups attached to an aromatic ring is 1. The number of anilines is 1. The van der Waals surface area contributed by atoms with Crippen molar-refractivity contribution >= 4 is 23.4 Å². The van der Waals surface area contributed by atoms with Gasteiger partial charge in [-0.25, -0.2) is 4.98 Å². The van der Waals surface area contributed by atoms with Crippen molar-refractivity contribution < 1.29 is 4.79 Å². The Kier molecular flexibility index (Phi) is 3.84. The van der Waals surface area contributed by atoms with Crippen LogP contribution in [-0.4, -0.2) is 10.9 Å². The highest BCUT2D eigenvalue weighted by Crippen LogP contribution is 2.21. The Labute approximate surface area is 109 Å². The summed E-state index contributed by atoms with van der Waals surface area (Å²) in [5.41, 5.74) is 13.0. The first-order valence-electron chi connectivity index (χ1n) is 5.38. The highest BCUT2D eigenvalue weighted by atomic mass is 32.2. The second kappa shape index (κ2) is 5.55. The molecule has 0 saturated heterocycles. The van der Waals surface area contributed by atoms with E-state index in [9.17, 15) is 4.79 Å². The summed E-state index contributed by atoms with van der Waals surface area (Å²) < 4.78 is 0. The fourth-order valence-corrected chi connectivity index (χ4v) is 2.23. The van der Waals surface area contributed by atoms with Gasteiger partial charge < -0.3 is 11.5 Å². The molecule has 5 heteroatoms. The number of rotatable bonds is 4. The van der Waals surface area contributed by atoms with Crippen molar-refractivity contribution in [3.63, 3.8) is 0 Å². The maximum absolute atomic E-state index is 11.1. The zero-order valence-electron chi connectivity index (χ0n) is 9.67. The molecule has 92 valence electrons. The number of nitrogens with two attached hydrogens (primary N) is 2. The molecule has 1 amide bonds. The lowest BCUT2D eigenvalue weighted by atomic mass is 10.1. The first kappa shape index (κ1) is 12.4. The van der Waals surface area contributed by atoms with Gasteiger partial charge >= 0.3 is 0 Å². The fourth-order valence-electron chi connectivity index (χ4n) is 1.45. The van der Waals surface area contributed by atoms with Crippen LogP contribution in [0.3, 0.4) is 0 Å². The third-order valence-electron chi connectivity index (χ3n) is 2.36. The van der Waals surface area contributed by atoms with Gasteiger partial charge in [0.25, 0.3) is 0 Å². The molecule has 4 N–H and O–H groups in total. The summed E-state index contributed by atoms with van der Waals surface area (Å²) in [6.45, 7) is 0. The number of hydrogen-bond donors (Lipinski definition) is 2. The number of carbonyl (C=O) groups is 1. The Morgan fingerprint density at radius 3 is 2.78 bits per heavy atom. The van der Waals surface area contributed by atoms with Gasteiger partial charge in [-0.15, -0.1) is 11.8 Å². The van der Waals surface area contributed by atoms with Gasteiger partial charge in [-0.3, -0.25) is 4.79 Å². The molecule has 2 aromatic rings. The molecule has 0 aliphatic rings. The largest absolute Gasteiger partial charge is 0.397 e. The first-order valence-corrected chi connectivity index (χ1v) is 6.37. The van der Waals surface area contributed by atoms with Crippen LogP contribution in [0.25, 0.3) is 0 Å². The zero-order chi connectivity index (χ0) is 13.0. The van der Waals surface area contributed by atoms with E-state index in [0.717, 1.165) is 16.3 Å². The van der Waals surface area contributed by atoms with Crippen LogP contribution in [0, 0.1) is 0 Å². The highest BCUT2D eigenvalue weighted by Gasteiger charge is 2.02. The van der Waals surface area contributed by atoms with Gasteiger partial charge in [-0.2, -0.15) is 0 Å². The SMILES string of the molecule is NC(=O)c1cccc(CSc2ccc(N)cn2)c1. The van der Waals surface area contributed by atoms with Crippen molar-refractivity contribution in [3.8, 4) is 0 Å². The minimum Gasteiger partial charge on any atom is -0.397 e. The molecular weight excluding hydrogens is 246 g/mol. The number of hydrogen-bond acceptors (Lipinski definition) is 4. The van der Waals surface area contributed by atoms with E-state index in [1.54, 1.807) is 30.1 Å². The molecule has 1 aromatic carbocycles. The van der Waals surface area contributed by atoms with Crippen molar-refractivity contribution in [2.75, 3.05) is 5.73 Å². The summed E-state index contributed by atoms with van der Waals surface area (Å²) in [7, 11) is 0. The molecule has 0 fully saturated rings. The lowest BCUT2D eigenvalue weighted by molar-refractivity contribution is 0.1000. The van der Waals surface area contributed by atoms with Crippen LogP contribution >= 0.6 is 11.8 Å². The van der Waals surface area contributed by atoms with Crippen LogP contribution in [0.2, 0.25) is 0 Å². The minimum absolute atomic E-state index is 0.410. The van der Waals surface area contributed by atoms with E-state index in [0.29, 0.717) is 11.3 Å². The lowest BCUT2D eigenvalue weighted by Crippen LogP contribution is -2.10. The number of amides is 1. The minimum atomic E-state index is -0.410. The normalized spacial score (nSPS) is 10.2. The lowest BCUT2D eigenvalue weighted by Gasteiger charge is -2.03. The molecule has 0 saturated carbocycles. The molecule has 0 spiro atoms. The number of carbonyl (C=O) groups excluding carboxylic acids is 1. The van der Waals surface area contributed by atoms with Crippen LogP contribution in [0.5, 0.6) is 0 Å². The molecule has 18 heavy (non-hydrogen) atoms. The Balaban J connectivity index is 2.04. The van der Waals surface area contributed by atoms with Gasteiger partial charge in [0.1, 0.15) is 0 Å².